The minimum Gasteiger partial charge on any atom is -0.385 e. The molecule has 0 aromatic heterocycles. The van der Waals surface area contributed by atoms with Gasteiger partial charge in [0.15, 0.2) is 0 Å². The lowest BCUT2D eigenvalue weighted by Gasteiger charge is -1.98. The van der Waals surface area contributed by atoms with Gasteiger partial charge in [0.1, 0.15) is 5.84 Å². The third kappa shape index (κ3) is 5.51. The molecule has 64 valence electrons. The Morgan fingerprint density at radius 2 is 1.73 bits per heavy atom. The molecule has 0 aliphatic carbocycles. The zero-order valence-corrected chi connectivity index (χ0v) is 7.57. The van der Waals surface area contributed by atoms with Gasteiger partial charge in [0, 0.05) is 5.92 Å². The van der Waals surface area contributed by atoms with Crippen molar-refractivity contribution in [3.63, 3.8) is 0 Å². The molecule has 0 aromatic carbocycles. The zero-order valence-electron chi connectivity index (χ0n) is 7.57. The maximum absolute atomic E-state index is 5.50. The Morgan fingerprint density at radius 3 is 2.09 bits per heavy atom. The van der Waals surface area contributed by atoms with Crippen LogP contribution in [0.25, 0.3) is 0 Å². The molecule has 0 fully saturated rings. The summed E-state index contributed by atoms with van der Waals surface area (Å²) < 4.78 is 0. The van der Waals surface area contributed by atoms with Crippen LogP contribution in [0.15, 0.2) is 15.4 Å². The van der Waals surface area contributed by atoms with Crippen LogP contribution in [0.2, 0.25) is 0 Å². The molecule has 11 heavy (non-hydrogen) atoms. The molecule has 0 aromatic rings. The average molecular weight is 156 g/mol. The summed E-state index contributed by atoms with van der Waals surface area (Å²) in [6.45, 7) is 7.79. The van der Waals surface area contributed by atoms with E-state index in [-0.39, 0.29) is 12.0 Å². The van der Waals surface area contributed by atoms with E-state index >= 15 is 0 Å². The summed E-state index contributed by atoms with van der Waals surface area (Å²) in [6, 6.07) is 0.179. The summed E-state index contributed by atoms with van der Waals surface area (Å²) in [6.07, 6.45) is 0. The fourth-order valence-electron chi connectivity index (χ4n) is 0.296. The van der Waals surface area contributed by atoms with Crippen LogP contribution in [0.3, 0.4) is 0 Å². The highest BCUT2D eigenvalue weighted by molar-refractivity contribution is 5.81. The zero-order chi connectivity index (χ0) is 8.85. The molecule has 2 N–H and O–H groups in total. The van der Waals surface area contributed by atoms with Crippen LogP contribution in [0.5, 0.6) is 0 Å². The van der Waals surface area contributed by atoms with E-state index in [2.05, 4.69) is 15.4 Å². The van der Waals surface area contributed by atoms with Gasteiger partial charge in [-0.1, -0.05) is 13.8 Å². The van der Waals surface area contributed by atoms with Gasteiger partial charge in [-0.15, -0.1) is 5.10 Å². The van der Waals surface area contributed by atoms with Crippen molar-refractivity contribution in [2.75, 3.05) is 0 Å². The van der Waals surface area contributed by atoms with E-state index in [1.54, 1.807) is 0 Å². The number of hydrogen-bond donors (Lipinski definition) is 1. The smallest absolute Gasteiger partial charge is 0.126 e. The Hall–Kier alpha value is -0.930. The molecular weight excluding hydrogens is 140 g/mol. The van der Waals surface area contributed by atoms with Crippen molar-refractivity contribution >= 4 is 5.84 Å². The van der Waals surface area contributed by atoms with Crippen LogP contribution in [0, 0.1) is 5.92 Å². The van der Waals surface area contributed by atoms with E-state index in [1.807, 2.05) is 27.7 Å². The van der Waals surface area contributed by atoms with E-state index in [9.17, 15) is 0 Å². The summed E-state index contributed by atoms with van der Waals surface area (Å²) in [4.78, 5) is 0. The molecule has 4 nitrogen and oxygen atoms in total. The molecule has 0 atom stereocenters. The first kappa shape index (κ1) is 10.1. The van der Waals surface area contributed by atoms with Crippen molar-refractivity contribution in [2.45, 2.75) is 33.7 Å². The van der Waals surface area contributed by atoms with E-state index < -0.39 is 0 Å². The van der Waals surface area contributed by atoms with Crippen LogP contribution in [0.1, 0.15) is 27.7 Å². The minimum absolute atomic E-state index is 0.179. The van der Waals surface area contributed by atoms with Gasteiger partial charge < -0.3 is 5.73 Å². The Balaban J connectivity index is 3.91. The maximum atomic E-state index is 5.50. The molecule has 0 saturated heterocycles. The lowest BCUT2D eigenvalue weighted by Crippen LogP contribution is -2.17. The van der Waals surface area contributed by atoms with E-state index in [4.69, 9.17) is 5.73 Å². The highest BCUT2D eigenvalue weighted by Gasteiger charge is 1.96. The molecule has 0 radical (unpaired) electrons. The van der Waals surface area contributed by atoms with Crippen LogP contribution in [-0.4, -0.2) is 11.9 Å². The molecular formula is C7H16N4. The molecule has 0 unspecified atom stereocenters. The normalized spacial score (nSPS) is 13.8. The molecule has 0 spiro atoms. The van der Waals surface area contributed by atoms with Crippen molar-refractivity contribution < 1.29 is 0 Å². The first-order chi connectivity index (χ1) is 5.04. The summed E-state index contributed by atoms with van der Waals surface area (Å²) in [5.41, 5.74) is 5.50. The molecule has 0 aliphatic rings. The first-order valence-electron chi connectivity index (χ1n) is 3.77. The molecule has 0 bridgehead atoms. The average Bonchev–Trinajstić information content (AvgIpc) is 1.86. The predicted molar refractivity (Wildman–Crippen MR) is 46.5 cm³/mol. The van der Waals surface area contributed by atoms with Gasteiger partial charge >= 0.3 is 0 Å². The lowest BCUT2D eigenvalue weighted by molar-refractivity contribution is 0.744. The Kier molecular flexibility index (Phi) is 4.41. The number of nitrogens with two attached hydrogens (primary N) is 1. The van der Waals surface area contributed by atoms with E-state index in [1.165, 1.54) is 0 Å². The number of rotatable bonds is 3. The fraction of sp³-hybridized carbons (Fsp3) is 0.857. The number of hydrogen-bond acceptors (Lipinski definition) is 2. The fourth-order valence-corrected chi connectivity index (χ4v) is 0.296. The molecule has 0 saturated carbocycles. The second-order valence-corrected chi connectivity index (χ2v) is 2.98. The van der Waals surface area contributed by atoms with Crippen molar-refractivity contribution in [1.82, 2.24) is 0 Å². The van der Waals surface area contributed by atoms with Crippen molar-refractivity contribution in [3.8, 4) is 0 Å². The predicted octanol–water partition coefficient (Wildman–Crippen LogP) is 1.78. The van der Waals surface area contributed by atoms with Crippen LogP contribution in [-0.2, 0) is 0 Å². The van der Waals surface area contributed by atoms with Crippen molar-refractivity contribution in [2.24, 2.45) is 27.1 Å². The van der Waals surface area contributed by atoms with Crippen molar-refractivity contribution in [1.29, 1.82) is 0 Å². The standard InChI is InChI=1S/C7H16N4/c1-5(2)7(8)10-11-9-6(3)4/h5-6H,1-4H3,(H2,8,9,10). The topological polar surface area (TPSA) is 63.1 Å². The first-order valence-corrected chi connectivity index (χ1v) is 3.77. The molecule has 4 heteroatoms. The third-order valence-corrected chi connectivity index (χ3v) is 1.03. The molecule has 0 aliphatic heterocycles. The van der Waals surface area contributed by atoms with Crippen molar-refractivity contribution in [3.05, 3.63) is 0 Å². The maximum Gasteiger partial charge on any atom is 0.126 e. The van der Waals surface area contributed by atoms with E-state index in [0.717, 1.165) is 0 Å². The monoisotopic (exact) mass is 156 g/mol. The summed E-state index contributed by atoms with van der Waals surface area (Å²) in [5.74, 6) is 0.760. The molecule has 0 heterocycles. The van der Waals surface area contributed by atoms with Gasteiger partial charge in [0.05, 0.1) is 6.04 Å². The van der Waals surface area contributed by atoms with Gasteiger partial charge in [0.25, 0.3) is 0 Å². The number of amidine groups is 1. The van der Waals surface area contributed by atoms with Gasteiger partial charge in [0.2, 0.25) is 0 Å². The summed E-state index contributed by atoms with van der Waals surface area (Å²) in [7, 11) is 0. The lowest BCUT2D eigenvalue weighted by atomic mass is 10.2. The second kappa shape index (κ2) is 4.82. The number of nitrogens with zero attached hydrogens (tertiary/aromatic N) is 3. The van der Waals surface area contributed by atoms with Crippen LogP contribution < -0.4 is 5.73 Å². The third-order valence-electron chi connectivity index (χ3n) is 1.03. The van der Waals surface area contributed by atoms with Gasteiger partial charge in [-0.2, -0.15) is 5.11 Å². The second-order valence-electron chi connectivity index (χ2n) is 2.98. The van der Waals surface area contributed by atoms with Gasteiger partial charge in [-0.3, -0.25) is 0 Å². The summed E-state index contributed by atoms with van der Waals surface area (Å²) in [5, 5.41) is 11.1. The molecule has 0 amide bonds. The largest absolute Gasteiger partial charge is 0.385 e. The Labute approximate surface area is 67.6 Å². The van der Waals surface area contributed by atoms with Gasteiger partial charge in [-0.25, -0.2) is 0 Å². The SMILES string of the molecule is CC(C)N=N/N=C(\N)C(C)C. The Bertz CT molecular complexity index is 158. The van der Waals surface area contributed by atoms with Crippen LogP contribution >= 0.6 is 0 Å². The van der Waals surface area contributed by atoms with Gasteiger partial charge in [-0.05, 0) is 19.1 Å². The molecule has 0 rings (SSSR count). The highest BCUT2D eigenvalue weighted by atomic mass is 15.4. The minimum atomic E-state index is 0.179. The Morgan fingerprint density at radius 1 is 1.18 bits per heavy atom. The highest BCUT2D eigenvalue weighted by Crippen LogP contribution is 1.93. The summed E-state index contributed by atoms with van der Waals surface area (Å²) >= 11 is 0. The van der Waals surface area contributed by atoms with E-state index in [0.29, 0.717) is 5.84 Å². The quantitative estimate of drug-likeness (QED) is 0.288. The van der Waals surface area contributed by atoms with Crippen LogP contribution in [0.4, 0.5) is 0 Å².